The standard InChI is InChI=1S/C20H19F2NO2/c21-15-5-1-13(2-6-15)19(24)23-17-9-10-18(23)12-20(25,11-17)14-3-7-16(22)8-4-14/h1-8,17-18,25H,9-12H2. The number of nitrogens with zero attached hydrogens (tertiary/aromatic N) is 1. The number of hydrogen-bond acceptors (Lipinski definition) is 2. The third-order valence-electron chi connectivity index (χ3n) is 5.47. The molecule has 2 aliphatic heterocycles. The summed E-state index contributed by atoms with van der Waals surface area (Å²) in [6.07, 6.45) is 2.53. The lowest BCUT2D eigenvalue weighted by molar-refractivity contribution is -0.0479. The minimum Gasteiger partial charge on any atom is -0.385 e. The number of aliphatic hydroxyl groups is 1. The molecule has 2 aromatic rings. The molecule has 2 aliphatic rings. The maximum atomic E-state index is 13.2. The molecule has 0 saturated carbocycles. The number of piperidine rings is 1. The fourth-order valence-electron chi connectivity index (χ4n) is 4.29. The van der Waals surface area contributed by atoms with Gasteiger partial charge >= 0.3 is 0 Å². The highest BCUT2D eigenvalue weighted by molar-refractivity contribution is 5.95. The Kier molecular flexibility index (Phi) is 3.84. The zero-order valence-corrected chi connectivity index (χ0v) is 13.7. The third kappa shape index (κ3) is 2.82. The molecular weight excluding hydrogens is 324 g/mol. The Bertz CT molecular complexity index is 774. The van der Waals surface area contributed by atoms with E-state index in [1.807, 2.05) is 4.90 Å². The van der Waals surface area contributed by atoms with Gasteiger partial charge in [-0.2, -0.15) is 0 Å². The minimum absolute atomic E-state index is 0.0636. The lowest BCUT2D eigenvalue weighted by Gasteiger charge is -2.44. The molecule has 0 aliphatic carbocycles. The summed E-state index contributed by atoms with van der Waals surface area (Å²) in [6, 6.07) is 11.4. The Morgan fingerprint density at radius 2 is 1.40 bits per heavy atom. The lowest BCUT2D eigenvalue weighted by atomic mass is 9.80. The van der Waals surface area contributed by atoms with Gasteiger partial charge in [0.15, 0.2) is 0 Å². The molecule has 1 N–H and O–H groups in total. The van der Waals surface area contributed by atoms with Crippen LogP contribution in [0.4, 0.5) is 8.78 Å². The molecule has 4 rings (SSSR count). The van der Waals surface area contributed by atoms with Crippen LogP contribution in [0.5, 0.6) is 0 Å². The van der Waals surface area contributed by atoms with Crippen LogP contribution in [-0.4, -0.2) is 28.0 Å². The first-order valence-corrected chi connectivity index (χ1v) is 8.53. The third-order valence-corrected chi connectivity index (χ3v) is 5.47. The topological polar surface area (TPSA) is 40.5 Å². The quantitative estimate of drug-likeness (QED) is 0.905. The highest BCUT2D eigenvalue weighted by Crippen LogP contribution is 2.46. The number of fused-ring (bicyclic) bond motifs is 2. The van der Waals surface area contributed by atoms with Crippen molar-refractivity contribution in [1.82, 2.24) is 4.90 Å². The van der Waals surface area contributed by atoms with E-state index in [0.717, 1.165) is 12.8 Å². The molecule has 0 aromatic heterocycles. The van der Waals surface area contributed by atoms with Gasteiger partial charge in [-0.1, -0.05) is 12.1 Å². The van der Waals surface area contributed by atoms with Crippen molar-refractivity contribution in [2.45, 2.75) is 43.4 Å². The number of carbonyl (C=O) groups excluding carboxylic acids is 1. The first-order valence-electron chi connectivity index (χ1n) is 8.53. The molecule has 1 amide bonds. The average Bonchev–Trinajstić information content (AvgIpc) is 2.87. The van der Waals surface area contributed by atoms with Gasteiger partial charge in [0, 0.05) is 30.5 Å². The van der Waals surface area contributed by atoms with E-state index in [1.54, 1.807) is 12.1 Å². The van der Waals surface area contributed by atoms with Crippen LogP contribution in [0.15, 0.2) is 48.5 Å². The van der Waals surface area contributed by atoms with Crippen LogP contribution in [0.25, 0.3) is 0 Å². The molecule has 2 bridgehead atoms. The van der Waals surface area contributed by atoms with Crippen LogP contribution >= 0.6 is 0 Å². The maximum Gasteiger partial charge on any atom is 0.254 e. The monoisotopic (exact) mass is 343 g/mol. The number of hydrogen-bond donors (Lipinski definition) is 1. The molecule has 2 unspecified atom stereocenters. The minimum atomic E-state index is -1.04. The maximum absolute atomic E-state index is 13.2. The second-order valence-corrected chi connectivity index (χ2v) is 7.05. The van der Waals surface area contributed by atoms with E-state index in [2.05, 4.69) is 0 Å². The molecule has 2 atom stereocenters. The second kappa shape index (κ2) is 5.92. The highest BCUT2D eigenvalue weighted by atomic mass is 19.1. The molecule has 0 radical (unpaired) electrons. The summed E-state index contributed by atoms with van der Waals surface area (Å²) >= 11 is 0. The largest absolute Gasteiger partial charge is 0.385 e. The van der Waals surface area contributed by atoms with Crippen molar-refractivity contribution in [2.24, 2.45) is 0 Å². The van der Waals surface area contributed by atoms with Crippen molar-refractivity contribution in [2.75, 3.05) is 0 Å². The van der Waals surface area contributed by atoms with Gasteiger partial charge in [0.25, 0.3) is 5.91 Å². The number of rotatable bonds is 2. The molecule has 2 heterocycles. The lowest BCUT2D eigenvalue weighted by Crippen LogP contribution is -2.52. The summed E-state index contributed by atoms with van der Waals surface area (Å²) in [7, 11) is 0. The molecular formula is C20H19F2NO2. The van der Waals surface area contributed by atoms with E-state index in [1.165, 1.54) is 36.4 Å². The van der Waals surface area contributed by atoms with Crippen LogP contribution in [0.1, 0.15) is 41.6 Å². The van der Waals surface area contributed by atoms with Crippen molar-refractivity contribution in [3.8, 4) is 0 Å². The van der Waals surface area contributed by atoms with Crippen molar-refractivity contribution < 1.29 is 18.7 Å². The van der Waals surface area contributed by atoms with E-state index in [4.69, 9.17) is 0 Å². The smallest absolute Gasteiger partial charge is 0.254 e. The molecule has 2 aromatic carbocycles. The van der Waals surface area contributed by atoms with Gasteiger partial charge in [-0.15, -0.1) is 0 Å². The summed E-state index contributed by atoms with van der Waals surface area (Å²) < 4.78 is 26.3. The normalized spacial score (nSPS) is 28.2. The average molecular weight is 343 g/mol. The zero-order valence-electron chi connectivity index (χ0n) is 13.7. The van der Waals surface area contributed by atoms with Gasteiger partial charge in [0.2, 0.25) is 0 Å². The summed E-state index contributed by atoms with van der Waals surface area (Å²) in [5.41, 5.74) is 0.115. The summed E-state index contributed by atoms with van der Waals surface area (Å²) in [5, 5.41) is 11.1. The Morgan fingerprint density at radius 3 is 1.92 bits per heavy atom. The second-order valence-electron chi connectivity index (χ2n) is 7.05. The van der Waals surface area contributed by atoms with Gasteiger partial charge in [-0.3, -0.25) is 4.79 Å². The summed E-state index contributed by atoms with van der Waals surface area (Å²) in [5.74, 6) is -0.822. The Labute approximate surface area is 144 Å². The number of carbonyl (C=O) groups is 1. The molecule has 25 heavy (non-hydrogen) atoms. The Morgan fingerprint density at radius 1 is 0.920 bits per heavy atom. The number of benzene rings is 2. The first-order chi connectivity index (χ1) is 12.0. The van der Waals surface area contributed by atoms with Crippen molar-refractivity contribution in [1.29, 1.82) is 0 Å². The van der Waals surface area contributed by atoms with Gasteiger partial charge in [0.05, 0.1) is 5.60 Å². The van der Waals surface area contributed by atoms with Crippen LogP contribution in [0.3, 0.4) is 0 Å². The van der Waals surface area contributed by atoms with E-state index >= 15 is 0 Å². The fraction of sp³-hybridized carbons (Fsp3) is 0.350. The Hall–Kier alpha value is -2.27. The molecule has 130 valence electrons. The van der Waals surface area contributed by atoms with Gasteiger partial charge in [-0.05, 0) is 54.8 Å². The molecule has 2 saturated heterocycles. The highest BCUT2D eigenvalue weighted by Gasteiger charge is 2.50. The summed E-state index contributed by atoms with van der Waals surface area (Å²) in [6.45, 7) is 0. The summed E-state index contributed by atoms with van der Waals surface area (Å²) in [4.78, 5) is 14.7. The first kappa shape index (κ1) is 16.2. The molecule has 5 heteroatoms. The Balaban J connectivity index is 1.58. The zero-order chi connectivity index (χ0) is 17.6. The van der Waals surface area contributed by atoms with Crippen molar-refractivity contribution >= 4 is 5.91 Å². The molecule has 3 nitrogen and oxygen atoms in total. The van der Waals surface area contributed by atoms with Gasteiger partial charge < -0.3 is 10.0 Å². The van der Waals surface area contributed by atoms with Crippen LogP contribution in [0, 0.1) is 11.6 Å². The van der Waals surface area contributed by atoms with Crippen LogP contribution < -0.4 is 0 Å². The molecule has 2 fully saturated rings. The van der Waals surface area contributed by atoms with E-state index in [9.17, 15) is 18.7 Å². The molecule has 0 spiro atoms. The van der Waals surface area contributed by atoms with Gasteiger partial charge in [0.1, 0.15) is 11.6 Å². The predicted molar refractivity (Wildman–Crippen MR) is 88.9 cm³/mol. The number of halogens is 2. The van der Waals surface area contributed by atoms with E-state index < -0.39 is 5.60 Å². The SMILES string of the molecule is O=C(c1ccc(F)cc1)N1C2CCC1CC(O)(c1ccc(F)cc1)C2. The van der Waals surface area contributed by atoms with Crippen molar-refractivity contribution in [3.05, 3.63) is 71.3 Å². The van der Waals surface area contributed by atoms with Crippen LogP contribution in [0.2, 0.25) is 0 Å². The number of amides is 1. The fourth-order valence-corrected chi connectivity index (χ4v) is 4.29. The van der Waals surface area contributed by atoms with Gasteiger partial charge in [-0.25, -0.2) is 8.78 Å². The van der Waals surface area contributed by atoms with Crippen molar-refractivity contribution in [3.63, 3.8) is 0 Å². The predicted octanol–water partition coefficient (Wildman–Crippen LogP) is 3.62. The van der Waals surface area contributed by atoms with E-state index in [0.29, 0.717) is 24.0 Å². The van der Waals surface area contributed by atoms with Crippen LogP contribution in [-0.2, 0) is 5.60 Å². The van der Waals surface area contributed by atoms with E-state index in [-0.39, 0.29) is 29.6 Å².